The molecule has 0 aliphatic rings. The van der Waals surface area contributed by atoms with Crippen molar-refractivity contribution in [2.75, 3.05) is 33.3 Å². The molecule has 0 amide bonds. The van der Waals surface area contributed by atoms with Crippen LogP contribution in [0.5, 0.6) is 0 Å². The minimum Gasteiger partial charge on any atom is -1.00 e. The molecule has 0 unspecified atom stereocenters. The molecule has 0 radical (unpaired) electrons. The van der Waals surface area contributed by atoms with Crippen LogP contribution in [-0.4, -0.2) is 46.2 Å². The number of hydrogen-bond donors (Lipinski definition) is 0. The van der Waals surface area contributed by atoms with Gasteiger partial charge in [0.05, 0.1) is 21.1 Å². The van der Waals surface area contributed by atoms with Crippen LogP contribution in [0.15, 0.2) is 0 Å². The van der Waals surface area contributed by atoms with Gasteiger partial charge >= 0.3 is 0 Å². The molecule has 0 aliphatic carbocycles. The van der Waals surface area contributed by atoms with Crippen molar-refractivity contribution in [1.29, 1.82) is 0 Å². The summed E-state index contributed by atoms with van der Waals surface area (Å²) in [5.41, 5.74) is 0. The van der Waals surface area contributed by atoms with Gasteiger partial charge in [-0.2, -0.15) is 0 Å². The van der Waals surface area contributed by atoms with E-state index < -0.39 is 8.87 Å². The Kier molecular flexibility index (Phi) is 6.09. The van der Waals surface area contributed by atoms with E-state index in [9.17, 15) is 8.42 Å². The lowest BCUT2D eigenvalue weighted by Crippen LogP contribution is -3.00. The second-order valence-corrected chi connectivity index (χ2v) is 7.67. The maximum absolute atomic E-state index is 10.6. The molecule has 0 aromatic heterocycles. The minimum absolute atomic E-state index is 0. The number of rotatable bonds is 3. The van der Waals surface area contributed by atoms with Crippen molar-refractivity contribution < 1.29 is 29.9 Å². The maximum atomic E-state index is 10.6. The first-order valence-corrected chi connectivity index (χ1v) is 6.25. The second kappa shape index (κ2) is 4.69. The van der Waals surface area contributed by atoms with Crippen LogP contribution in [0.2, 0.25) is 0 Å². The Morgan fingerprint density at radius 2 is 1.64 bits per heavy atom. The van der Waals surface area contributed by atoms with Gasteiger partial charge in [-0.1, -0.05) is 0 Å². The average Bonchev–Trinajstić information content (AvgIpc) is 1.57. The summed E-state index contributed by atoms with van der Waals surface area (Å²) in [5, 5.41) is 0. The van der Waals surface area contributed by atoms with E-state index in [-0.39, 0.29) is 17.0 Å². The van der Waals surface area contributed by atoms with Crippen LogP contribution < -0.4 is 17.0 Å². The molecule has 0 saturated carbocycles. The fraction of sp³-hybridized carbons (Fsp3) is 1.00. The van der Waals surface area contributed by atoms with Crippen molar-refractivity contribution in [3.63, 3.8) is 0 Å². The van der Waals surface area contributed by atoms with Gasteiger partial charge in [-0.05, 0) is 0 Å². The highest BCUT2D eigenvalue weighted by Crippen LogP contribution is 2.12. The van der Waals surface area contributed by atoms with Crippen molar-refractivity contribution in [3.05, 3.63) is 0 Å². The molecule has 0 N–H and O–H groups in total. The molecule has 0 atom stereocenters. The summed E-state index contributed by atoms with van der Waals surface area (Å²) in [7, 11) is 4.00. The van der Waals surface area contributed by atoms with E-state index in [4.69, 9.17) is 0 Å². The third-order valence-corrected chi connectivity index (χ3v) is 3.56. The molecular formula is C5H14BrNO2S2. The van der Waals surface area contributed by atoms with Gasteiger partial charge in [-0.3, -0.25) is 0 Å². The predicted octanol–water partition coefficient (Wildman–Crippen LogP) is -2.65. The summed E-state index contributed by atoms with van der Waals surface area (Å²) in [6, 6.07) is 0. The van der Waals surface area contributed by atoms with Gasteiger partial charge in [0.15, 0.2) is 0 Å². The van der Waals surface area contributed by atoms with E-state index in [1.54, 1.807) is 0 Å². The van der Waals surface area contributed by atoms with Crippen molar-refractivity contribution in [2.45, 2.75) is 0 Å². The first-order chi connectivity index (χ1) is 4.21. The van der Waals surface area contributed by atoms with Gasteiger partial charge < -0.3 is 21.5 Å². The summed E-state index contributed by atoms with van der Waals surface area (Å²) in [6.07, 6.45) is 1.23. The van der Waals surface area contributed by atoms with E-state index in [0.717, 1.165) is 10.8 Å². The summed E-state index contributed by atoms with van der Waals surface area (Å²) in [6.45, 7) is 0. The number of nitrogens with zero attached hydrogens (tertiary/aromatic N) is 1. The smallest absolute Gasteiger partial charge is 0.203 e. The lowest BCUT2D eigenvalue weighted by Gasteiger charge is -2.22. The maximum Gasteiger partial charge on any atom is 0.203 e. The van der Waals surface area contributed by atoms with E-state index in [2.05, 4.69) is 0 Å². The monoisotopic (exact) mass is 263 g/mol. The van der Waals surface area contributed by atoms with E-state index >= 15 is 0 Å². The summed E-state index contributed by atoms with van der Waals surface area (Å²) >= 11 is 0. The van der Waals surface area contributed by atoms with Crippen LogP contribution in [0.1, 0.15) is 0 Å². The zero-order valence-corrected chi connectivity index (χ0v) is 10.4. The Hall–Kier alpha value is 0.740. The molecule has 0 aromatic rings. The molecule has 0 aliphatic heterocycles. The summed E-state index contributed by atoms with van der Waals surface area (Å²) in [4.78, 5) is 0. The third-order valence-electron chi connectivity index (χ3n) is 0.654. The van der Waals surface area contributed by atoms with Crippen LogP contribution >= 0.6 is 10.8 Å². The van der Waals surface area contributed by atoms with Crippen LogP contribution in [0.25, 0.3) is 0 Å². The van der Waals surface area contributed by atoms with Crippen molar-refractivity contribution >= 4 is 19.7 Å². The largest absolute Gasteiger partial charge is 1.00 e. The summed E-state index contributed by atoms with van der Waals surface area (Å²) in [5.74, 6) is 0.596. The SMILES string of the molecule is C[N+](C)(C)CSS(C)(=O)=O.[Br-]. The van der Waals surface area contributed by atoms with E-state index in [1.807, 2.05) is 21.1 Å². The van der Waals surface area contributed by atoms with Gasteiger partial charge in [0.25, 0.3) is 0 Å². The molecule has 0 bridgehead atoms. The quantitative estimate of drug-likeness (QED) is 0.317. The topological polar surface area (TPSA) is 34.1 Å². The average molecular weight is 264 g/mol. The molecule has 0 rings (SSSR count). The lowest BCUT2D eigenvalue weighted by molar-refractivity contribution is -0.856. The van der Waals surface area contributed by atoms with Crippen LogP contribution in [0, 0.1) is 0 Å². The van der Waals surface area contributed by atoms with Crippen LogP contribution in [-0.2, 0) is 8.87 Å². The zero-order valence-electron chi connectivity index (χ0n) is 7.17. The van der Waals surface area contributed by atoms with E-state index in [1.165, 1.54) is 6.26 Å². The number of quaternary nitrogens is 1. The molecule has 0 aromatic carbocycles. The fourth-order valence-electron chi connectivity index (χ4n) is 0.254. The highest BCUT2D eigenvalue weighted by atomic mass is 79.9. The third kappa shape index (κ3) is 13.7. The van der Waals surface area contributed by atoms with Crippen molar-refractivity contribution in [1.82, 2.24) is 0 Å². The molecule has 0 saturated heterocycles. The van der Waals surface area contributed by atoms with Gasteiger partial charge in [0, 0.05) is 17.0 Å². The van der Waals surface area contributed by atoms with Gasteiger partial charge in [0.2, 0.25) is 8.87 Å². The number of halogens is 1. The Bertz CT molecular complexity index is 195. The fourth-order valence-corrected chi connectivity index (χ4v) is 2.28. The zero-order chi connectivity index (χ0) is 8.41. The van der Waals surface area contributed by atoms with Crippen LogP contribution in [0.4, 0.5) is 0 Å². The lowest BCUT2D eigenvalue weighted by atomic mass is 10.8. The van der Waals surface area contributed by atoms with Crippen molar-refractivity contribution in [3.8, 4) is 0 Å². The van der Waals surface area contributed by atoms with Gasteiger partial charge in [-0.25, -0.2) is 8.42 Å². The Morgan fingerprint density at radius 3 is 1.73 bits per heavy atom. The Balaban J connectivity index is 0. The molecule has 0 fully saturated rings. The Labute approximate surface area is 82.8 Å². The van der Waals surface area contributed by atoms with Crippen molar-refractivity contribution in [2.24, 2.45) is 0 Å². The number of hydrogen-bond acceptors (Lipinski definition) is 3. The predicted molar refractivity (Wildman–Crippen MR) is 45.3 cm³/mol. The highest BCUT2D eigenvalue weighted by molar-refractivity contribution is 8.71. The molecular weight excluding hydrogens is 250 g/mol. The first-order valence-electron chi connectivity index (χ1n) is 2.85. The first kappa shape index (κ1) is 14.3. The summed E-state index contributed by atoms with van der Waals surface area (Å²) < 4.78 is 21.9. The second-order valence-electron chi connectivity index (χ2n) is 3.24. The normalized spacial score (nSPS) is 12.4. The van der Waals surface area contributed by atoms with E-state index in [0.29, 0.717) is 10.4 Å². The molecule has 6 heteroatoms. The Morgan fingerprint density at radius 1 is 1.27 bits per heavy atom. The van der Waals surface area contributed by atoms with Gasteiger partial charge in [-0.15, -0.1) is 0 Å². The van der Waals surface area contributed by atoms with Crippen LogP contribution in [0.3, 0.4) is 0 Å². The highest BCUT2D eigenvalue weighted by Gasteiger charge is 2.12. The molecule has 11 heavy (non-hydrogen) atoms. The van der Waals surface area contributed by atoms with Gasteiger partial charge in [0.1, 0.15) is 5.88 Å². The molecule has 70 valence electrons. The standard InChI is InChI=1S/C5H14NO2S2.BrH/c1-6(2,3)5-9-10(4,7)8;/h5H2,1-4H3;1H/q+1;/p-1. The molecule has 0 spiro atoms. The molecule has 0 heterocycles. The molecule has 3 nitrogen and oxygen atoms in total. The minimum atomic E-state index is -2.86.